The van der Waals surface area contributed by atoms with E-state index in [0.29, 0.717) is 52.8 Å². The zero-order valence-corrected chi connectivity index (χ0v) is 25.7. The molecule has 3 aromatic carbocycles. The molecule has 0 bridgehead atoms. The number of aryl methyl sites for hydroxylation is 2. The number of rotatable bonds is 6. The average Bonchev–Trinajstić information content (AvgIpc) is 3.59. The van der Waals surface area contributed by atoms with Gasteiger partial charge < -0.3 is 14.8 Å². The fourth-order valence-corrected chi connectivity index (χ4v) is 6.31. The van der Waals surface area contributed by atoms with Crippen LogP contribution in [0.5, 0.6) is 0 Å². The summed E-state index contributed by atoms with van der Waals surface area (Å²) in [6.45, 7) is 10.1. The van der Waals surface area contributed by atoms with Crippen LogP contribution in [-0.4, -0.2) is 48.6 Å². The summed E-state index contributed by atoms with van der Waals surface area (Å²) in [6.07, 6.45) is 2.61. The first-order valence-electron chi connectivity index (χ1n) is 15.0. The Bertz CT molecular complexity index is 2140. The normalized spacial score (nSPS) is 16.8. The van der Waals surface area contributed by atoms with Crippen molar-refractivity contribution in [1.29, 1.82) is 5.26 Å². The summed E-state index contributed by atoms with van der Waals surface area (Å²) in [5.74, 6) is 1.60. The maximum atomic E-state index is 10.4. The van der Waals surface area contributed by atoms with Crippen LogP contribution < -0.4 is 5.32 Å². The second kappa shape index (κ2) is 11.1. The third kappa shape index (κ3) is 5.39. The van der Waals surface area contributed by atoms with E-state index in [4.69, 9.17) is 24.4 Å². The molecule has 7 rings (SSSR count). The lowest BCUT2D eigenvalue weighted by molar-refractivity contribution is 0.0679. The molecule has 1 aliphatic rings. The number of hydrogen-bond acceptors (Lipinski definition) is 9. The fourth-order valence-electron chi connectivity index (χ4n) is 6.31. The number of nitrogens with one attached hydrogen (secondary N) is 1. The Labute approximate surface area is 261 Å². The molecule has 224 valence electrons. The molecular weight excluding hydrogens is 562 g/mol. The van der Waals surface area contributed by atoms with Crippen molar-refractivity contribution in [3.05, 3.63) is 94.9 Å². The molecule has 9 heteroatoms. The zero-order valence-electron chi connectivity index (χ0n) is 25.7. The summed E-state index contributed by atoms with van der Waals surface area (Å²) in [5, 5.41) is 23.7. The van der Waals surface area contributed by atoms with Gasteiger partial charge in [-0.3, -0.25) is 9.88 Å². The highest BCUT2D eigenvalue weighted by Crippen LogP contribution is 2.41. The molecule has 1 unspecified atom stereocenters. The highest BCUT2D eigenvalue weighted by Gasteiger charge is 2.31. The Kier molecular flexibility index (Phi) is 7.04. The second-order valence-electron chi connectivity index (χ2n) is 12.2. The lowest BCUT2D eigenvalue weighted by Gasteiger charge is -2.19. The van der Waals surface area contributed by atoms with Crippen LogP contribution in [0, 0.1) is 32.1 Å². The van der Waals surface area contributed by atoms with E-state index in [1.807, 2.05) is 56.4 Å². The number of fused-ring (bicyclic) bond motifs is 2. The number of oxazole rings is 1. The van der Waals surface area contributed by atoms with Gasteiger partial charge in [0.15, 0.2) is 11.4 Å². The van der Waals surface area contributed by atoms with E-state index in [1.165, 1.54) is 0 Å². The quantitative estimate of drug-likeness (QED) is 0.209. The number of β-amino-alcohol motifs (C(OH)–C–C–N with tert-alkyl or cyclic N) is 1. The molecule has 2 N–H and O–H groups in total. The van der Waals surface area contributed by atoms with Crippen molar-refractivity contribution in [2.75, 3.05) is 18.4 Å². The fraction of sp³-hybridized carbons (Fsp3) is 0.250. The van der Waals surface area contributed by atoms with Crippen molar-refractivity contribution in [1.82, 2.24) is 24.8 Å². The molecule has 45 heavy (non-hydrogen) atoms. The zero-order chi connectivity index (χ0) is 31.3. The molecule has 0 saturated carbocycles. The number of nitrogens with zero attached hydrogens (tertiary/aromatic N) is 6. The number of aromatic nitrogens is 4. The maximum absolute atomic E-state index is 10.4. The van der Waals surface area contributed by atoms with Crippen LogP contribution in [0.4, 0.5) is 11.5 Å². The summed E-state index contributed by atoms with van der Waals surface area (Å²) in [7, 11) is 0. The van der Waals surface area contributed by atoms with Crippen LogP contribution in [0.1, 0.15) is 41.4 Å². The second-order valence-corrected chi connectivity index (χ2v) is 12.2. The molecule has 0 radical (unpaired) electrons. The standard InChI is InChI=1S/C36H33N7O2/c1-21-8-5-6-10-26(21)27-12-13-28(31(22(27)2)35-42-29-11-7-9-25(17-37)33(29)45-35)41-34-32-30(39-23(3)40-34)16-24(18-38-32)19-43-15-14-36(4,44)20-43/h5-13,16,18,44H,14-15,19-20H2,1-4H3,(H,39,40,41). The van der Waals surface area contributed by atoms with E-state index in [9.17, 15) is 10.4 Å². The molecular formula is C36H33N7O2. The van der Waals surface area contributed by atoms with Crippen LogP contribution in [0.2, 0.25) is 0 Å². The predicted octanol–water partition coefficient (Wildman–Crippen LogP) is 7.00. The van der Waals surface area contributed by atoms with Crippen LogP contribution in [0.3, 0.4) is 0 Å². The van der Waals surface area contributed by atoms with E-state index >= 15 is 0 Å². The molecule has 0 amide bonds. The van der Waals surface area contributed by atoms with Gasteiger partial charge in [0.2, 0.25) is 5.89 Å². The number of nitriles is 1. The molecule has 9 nitrogen and oxygen atoms in total. The minimum Gasteiger partial charge on any atom is -0.435 e. The number of benzene rings is 3. The lowest BCUT2D eigenvalue weighted by Crippen LogP contribution is -2.29. The van der Waals surface area contributed by atoms with Crippen LogP contribution in [0.15, 0.2) is 71.3 Å². The summed E-state index contributed by atoms with van der Waals surface area (Å²) in [5.41, 5.74) is 9.11. The summed E-state index contributed by atoms with van der Waals surface area (Å²) in [4.78, 5) is 21.3. The van der Waals surface area contributed by atoms with Crippen molar-refractivity contribution in [2.45, 2.75) is 46.3 Å². The van der Waals surface area contributed by atoms with E-state index in [0.717, 1.165) is 57.6 Å². The van der Waals surface area contributed by atoms with Gasteiger partial charge in [0.25, 0.3) is 0 Å². The van der Waals surface area contributed by atoms with Gasteiger partial charge in [-0.15, -0.1) is 0 Å². The van der Waals surface area contributed by atoms with Gasteiger partial charge in [0.1, 0.15) is 22.9 Å². The topological polar surface area (TPSA) is 124 Å². The van der Waals surface area contributed by atoms with Crippen LogP contribution in [0.25, 0.3) is 44.7 Å². The molecule has 0 spiro atoms. The van der Waals surface area contributed by atoms with E-state index < -0.39 is 5.60 Å². The molecule has 0 aliphatic carbocycles. The lowest BCUT2D eigenvalue weighted by atomic mass is 9.92. The number of likely N-dealkylation sites (tertiary alicyclic amines) is 1. The number of pyridine rings is 1. The molecule has 1 saturated heterocycles. The number of hydrogen-bond donors (Lipinski definition) is 2. The molecule has 4 heterocycles. The summed E-state index contributed by atoms with van der Waals surface area (Å²) >= 11 is 0. The third-order valence-corrected chi connectivity index (χ3v) is 8.54. The first-order chi connectivity index (χ1) is 21.7. The van der Waals surface area contributed by atoms with Gasteiger partial charge >= 0.3 is 0 Å². The van der Waals surface area contributed by atoms with Crippen molar-refractivity contribution >= 4 is 33.6 Å². The van der Waals surface area contributed by atoms with Gasteiger partial charge in [-0.05, 0) is 86.2 Å². The van der Waals surface area contributed by atoms with Crippen molar-refractivity contribution < 1.29 is 9.52 Å². The van der Waals surface area contributed by atoms with Gasteiger partial charge in [-0.1, -0.05) is 36.4 Å². The third-order valence-electron chi connectivity index (χ3n) is 8.54. The van der Waals surface area contributed by atoms with E-state index in [2.05, 4.69) is 48.3 Å². The Hall–Kier alpha value is -5.17. The minimum atomic E-state index is -0.657. The highest BCUT2D eigenvalue weighted by atomic mass is 16.3. The monoisotopic (exact) mass is 595 g/mol. The summed E-state index contributed by atoms with van der Waals surface area (Å²) in [6, 6.07) is 22.0. The number of anilines is 2. The SMILES string of the molecule is Cc1nc(Nc2ccc(-c3ccccc3C)c(C)c2-c2nc3cccc(C#N)c3o2)c2ncc(CN3CCC(C)(O)C3)cc2n1. The Morgan fingerprint density at radius 3 is 2.62 bits per heavy atom. The Balaban J connectivity index is 1.34. The van der Waals surface area contributed by atoms with Gasteiger partial charge in [0, 0.05) is 25.8 Å². The number of aliphatic hydroxyl groups is 1. The first-order valence-corrected chi connectivity index (χ1v) is 15.0. The minimum absolute atomic E-state index is 0.412. The van der Waals surface area contributed by atoms with E-state index in [1.54, 1.807) is 6.07 Å². The largest absolute Gasteiger partial charge is 0.435 e. The predicted molar refractivity (Wildman–Crippen MR) is 175 cm³/mol. The molecule has 1 aliphatic heterocycles. The van der Waals surface area contributed by atoms with E-state index in [-0.39, 0.29) is 0 Å². The maximum Gasteiger partial charge on any atom is 0.229 e. The van der Waals surface area contributed by atoms with Crippen molar-refractivity contribution in [2.24, 2.45) is 0 Å². The molecule has 1 fully saturated rings. The Morgan fingerprint density at radius 2 is 1.84 bits per heavy atom. The Morgan fingerprint density at radius 1 is 1.00 bits per heavy atom. The molecule has 1 atom stereocenters. The van der Waals surface area contributed by atoms with Gasteiger partial charge in [-0.2, -0.15) is 5.26 Å². The van der Waals surface area contributed by atoms with Gasteiger partial charge in [0.05, 0.1) is 27.9 Å². The summed E-state index contributed by atoms with van der Waals surface area (Å²) < 4.78 is 6.32. The number of para-hydroxylation sites is 1. The smallest absolute Gasteiger partial charge is 0.229 e. The average molecular weight is 596 g/mol. The highest BCUT2D eigenvalue weighted by molar-refractivity contribution is 5.93. The molecule has 6 aromatic rings. The first kappa shape index (κ1) is 28.6. The van der Waals surface area contributed by atoms with Crippen molar-refractivity contribution in [3.63, 3.8) is 0 Å². The van der Waals surface area contributed by atoms with Crippen LogP contribution >= 0.6 is 0 Å². The van der Waals surface area contributed by atoms with Gasteiger partial charge in [-0.25, -0.2) is 15.0 Å². The van der Waals surface area contributed by atoms with Crippen LogP contribution in [-0.2, 0) is 6.54 Å². The molecule has 3 aromatic heterocycles. The van der Waals surface area contributed by atoms with Crippen molar-refractivity contribution in [3.8, 4) is 28.7 Å².